The molecule has 7 nitrogen and oxygen atoms in total. The van der Waals surface area contributed by atoms with Gasteiger partial charge in [-0.2, -0.15) is 0 Å². The Kier molecular flexibility index (Phi) is 5.39. The van der Waals surface area contributed by atoms with Crippen LogP contribution in [-0.4, -0.2) is 59.4 Å². The Labute approximate surface area is 160 Å². The third kappa shape index (κ3) is 4.99. The number of rotatable bonds is 2. The van der Waals surface area contributed by atoms with Gasteiger partial charge < -0.3 is 20.4 Å². The van der Waals surface area contributed by atoms with Crippen LogP contribution in [0.2, 0.25) is 0 Å². The number of anilines is 1. The van der Waals surface area contributed by atoms with Crippen LogP contribution in [0.4, 0.5) is 10.5 Å². The summed E-state index contributed by atoms with van der Waals surface area (Å²) in [6.45, 7) is 8.26. The Morgan fingerprint density at radius 2 is 1.81 bits per heavy atom. The quantitative estimate of drug-likeness (QED) is 0.830. The van der Waals surface area contributed by atoms with Crippen LogP contribution in [0.25, 0.3) is 0 Å². The number of amides is 4. The molecule has 0 spiro atoms. The van der Waals surface area contributed by atoms with E-state index in [0.29, 0.717) is 39.0 Å². The normalized spacial score (nSPS) is 17.2. The molecule has 0 radical (unpaired) electrons. The van der Waals surface area contributed by atoms with Crippen molar-refractivity contribution in [2.24, 2.45) is 0 Å². The molecule has 1 aromatic carbocycles. The van der Waals surface area contributed by atoms with Crippen LogP contribution in [0.3, 0.4) is 0 Å². The number of carbonyl (C=O) groups is 3. The Balaban J connectivity index is 1.56. The van der Waals surface area contributed by atoms with Crippen molar-refractivity contribution in [2.45, 2.75) is 45.6 Å². The third-order valence-electron chi connectivity index (χ3n) is 4.77. The van der Waals surface area contributed by atoms with Crippen LogP contribution in [0, 0.1) is 0 Å². The molecule has 1 fully saturated rings. The molecule has 0 saturated carbocycles. The van der Waals surface area contributed by atoms with Gasteiger partial charge in [-0.25, -0.2) is 4.79 Å². The lowest BCUT2D eigenvalue weighted by molar-refractivity contribution is -0.130. The minimum absolute atomic E-state index is 0.00498. The maximum Gasteiger partial charge on any atom is 0.317 e. The lowest BCUT2D eigenvalue weighted by Crippen LogP contribution is -2.49. The van der Waals surface area contributed by atoms with Crippen LogP contribution >= 0.6 is 0 Å². The number of hydrogen-bond donors (Lipinski definition) is 2. The predicted octanol–water partition coefficient (Wildman–Crippen LogP) is 1.77. The minimum Gasteiger partial charge on any atom is -0.341 e. The zero-order valence-corrected chi connectivity index (χ0v) is 16.3. The van der Waals surface area contributed by atoms with E-state index in [1.807, 2.05) is 43.9 Å². The summed E-state index contributed by atoms with van der Waals surface area (Å²) in [6.07, 6.45) is 1.46. The molecular formula is C20H28N4O3. The van der Waals surface area contributed by atoms with Crippen LogP contribution in [0.5, 0.6) is 0 Å². The van der Waals surface area contributed by atoms with E-state index in [1.54, 1.807) is 4.90 Å². The molecular weight excluding hydrogens is 344 g/mol. The average molecular weight is 372 g/mol. The van der Waals surface area contributed by atoms with Gasteiger partial charge in [0.25, 0.3) is 0 Å². The van der Waals surface area contributed by atoms with E-state index < -0.39 is 0 Å². The van der Waals surface area contributed by atoms with E-state index in [-0.39, 0.29) is 23.4 Å². The van der Waals surface area contributed by atoms with E-state index in [9.17, 15) is 14.4 Å². The van der Waals surface area contributed by atoms with Gasteiger partial charge in [0.1, 0.15) is 0 Å². The van der Waals surface area contributed by atoms with Gasteiger partial charge in [0.05, 0.1) is 12.8 Å². The van der Waals surface area contributed by atoms with Crippen molar-refractivity contribution in [1.82, 2.24) is 15.1 Å². The highest BCUT2D eigenvalue weighted by Crippen LogP contribution is 2.24. The number of benzene rings is 1. The summed E-state index contributed by atoms with van der Waals surface area (Å²) >= 11 is 0. The summed E-state index contributed by atoms with van der Waals surface area (Å²) in [6, 6.07) is 5.62. The van der Waals surface area contributed by atoms with Crippen molar-refractivity contribution in [3.8, 4) is 0 Å². The lowest BCUT2D eigenvalue weighted by atomic mass is 10.1. The highest BCUT2D eigenvalue weighted by Gasteiger charge is 2.25. The Morgan fingerprint density at radius 3 is 2.56 bits per heavy atom. The lowest BCUT2D eigenvalue weighted by Gasteiger charge is -2.27. The van der Waals surface area contributed by atoms with Gasteiger partial charge in [0, 0.05) is 37.4 Å². The van der Waals surface area contributed by atoms with Crippen molar-refractivity contribution in [3.63, 3.8) is 0 Å². The van der Waals surface area contributed by atoms with E-state index >= 15 is 0 Å². The monoisotopic (exact) mass is 372 g/mol. The fraction of sp³-hybridized carbons (Fsp3) is 0.550. The van der Waals surface area contributed by atoms with Gasteiger partial charge in [-0.05, 0) is 44.4 Å². The first-order chi connectivity index (χ1) is 12.7. The molecule has 7 heteroatoms. The van der Waals surface area contributed by atoms with E-state index in [4.69, 9.17) is 0 Å². The molecule has 2 aliphatic heterocycles. The SMILES string of the molecule is CC(C)(C)NC(=O)N1CCCN(C(=O)Cc2ccc3c(c2)CC(=O)N3)CC1. The minimum atomic E-state index is -0.275. The molecule has 27 heavy (non-hydrogen) atoms. The maximum atomic E-state index is 12.7. The molecule has 0 unspecified atom stereocenters. The zero-order valence-electron chi connectivity index (χ0n) is 16.3. The van der Waals surface area contributed by atoms with Gasteiger partial charge in [-0.1, -0.05) is 12.1 Å². The first kappa shape index (κ1) is 19.2. The molecule has 146 valence electrons. The fourth-order valence-corrected chi connectivity index (χ4v) is 3.45. The first-order valence-corrected chi connectivity index (χ1v) is 9.48. The van der Waals surface area contributed by atoms with Crippen LogP contribution < -0.4 is 10.6 Å². The van der Waals surface area contributed by atoms with Crippen LogP contribution in [0.1, 0.15) is 38.3 Å². The van der Waals surface area contributed by atoms with Gasteiger partial charge in [0.15, 0.2) is 0 Å². The maximum absolute atomic E-state index is 12.7. The number of hydrogen-bond acceptors (Lipinski definition) is 3. The van der Waals surface area contributed by atoms with Crippen molar-refractivity contribution in [2.75, 3.05) is 31.5 Å². The molecule has 0 bridgehead atoms. The number of urea groups is 1. The molecule has 0 atom stereocenters. The van der Waals surface area contributed by atoms with Gasteiger partial charge in [-0.15, -0.1) is 0 Å². The molecule has 0 aromatic heterocycles. The first-order valence-electron chi connectivity index (χ1n) is 9.48. The number of nitrogens with one attached hydrogen (secondary N) is 2. The van der Waals surface area contributed by atoms with E-state index in [0.717, 1.165) is 23.2 Å². The Hall–Kier alpha value is -2.57. The summed E-state index contributed by atoms with van der Waals surface area (Å²) in [5.41, 5.74) is 2.43. The van der Waals surface area contributed by atoms with Crippen molar-refractivity contribution >= 4 is 23.5 Å². The summed E-state index contributed by atoms with van der Waals surface area (Å²) < 4.78 is 0. The highest BCUT2D eigenvalue weighted by molar-refractivity contribution is 5.99. The molecule has 2 aliphatic rings. The summed E-state index contributed by atoms with van der Waals surface area (Å²) in [4.78, 5) is 40.1. The Morgan fingerprint density at radius 1 is 1.11 bits per heavy atom. The summed E-state index contributed by atoms with van der Waals surface area (Å²) in [5.74, 6) is 0.0555. The molecule has 2 N–H and O–H groups in total. The highest BCUT2D eigenvalue weighted by atomic mass is 16.2. The van der Waals surface area contributed by atoms with Gasteiger partial charge in [0.2, 0.25) is 11.8 Å². The summed E-state index contributed by atoms with van der Waals surface area (Å²) in [7, 11) is 0. The predicted molar refractivity (Wildman–Crippen MR) is 104 cm³/mol. The number of nitrogens with zero attached hydrogens (tertiary/aromatic N) is 2. The van der Waals surface area contributed by atoms with Gasteiger partial charge in [-0.3, -0.25) is 9.59 Å². The van der Waals surface area contributed by atoms with Gasteiger partial charge >= 0.3 is 6.03 Å². The molecule has 1 saturated heterocycles. The second kappa shape index (κ2) is 7.58. The standard InChI is InChI=1S/C20H28N4O3/c1-20(2,3)22-19(27)24-8-4-7-23(9-10-24)18(26)12-14-5-6-16-15(11-14)13-17(25)21-16/h5-6,11H,4,7-10,12-13H2,1-3H3,(H,21,25)(H,22,27). The van der Waals surface area contributed by atoms with E-state index in [2.05, 4.69) is 10.6 Å². The largest absolute Gasteiger partial charge is 0.341 e. The fourth-order valence-electron chi connectivity index (χ4n) is 3.45. The van der Waals surface area contributed by atoms with Crippen molar-refractivity contribution < 1.29 is 14.4 Å². The summed E-state index contributed by atoms with van der Waals surface area (Å²) in [5, 5.41) is 5.78. The molecule has 3 rings (SSSR count). The van der Waals surface area contributed by atoms with Crippen LogP contribution in [0.15, 0.2) is 18.2 Å². The third-order valence-corrected chi connectivity index (χ3v) is 4.77. The molecule has 1 aromatic rings. The van der Waals surface area contributed by atoms with Crippen molar-refractivity contribution in [1.29, 1.82) is 0 Å². The second-order valence-corrected chi connectivity index (χ2v) is 8.29. The Bertz CT molecular complexity index is 754. The second-order valence-electron chi connectivity index (χ2n) is 8.29. The van der Waals surface area contributed by atoms with Crippen molar-refractivity contribution in [3.05, 3.63) is 29.3 Å². The smallest absolute Gasteiger partial charge is 0.317 e. The number of carbonyl (C=O) groups excluding carboxylic acids is 3. The number of fused-ring (bicyclic) bond motifs is 1. The zero-order chi connectivity index (χ0) is 19.6. The van der Waals surface area contributed by atoms with Crippen LogP contribution in [-0.2, 0) is 22.4 Å². The topological polar surface area (TPSA) is 81.8 Å². The molecule has 0 aliphatic carbocycles. The molecule has 2 heterocycles. The molecule has 4 amide bonds. The average Bonchev–Trinajstić information content (AvgIpc) is 2.78. The van der Waals surface area contributed by atoms with E-state index in [1.165, 1.54) is 0 Å².